The van der Waals surface area contributed by atoms with Crippen molar-refractivity contribution in [2.24, 2.45) is 0 Å². The molecule has 2 heterocycles. The summed E-state index contributed by atoms with van der Waals surface area (Å²) in [5.74, 6) is 0.434. The second-order valence-electron chi connectivity index (χ2n) is 5.41. The number of esters is 1. The van der Waals surface area contributed by atoms with Crippen molar-refractivity contribution in [2.75, 3.05) is 0 Å². The van der Waals surface area contributed by atoms with Gasteiger partial charge in [0.1, 0.15) is 5.75 Å². The Labute approximate surface area is 133 Å². The monoisotopic (exact) mass is 306 g/mol. The molecule has 2 nitrogen and oxygen atoms in total. The lowest BCUT2D eigenvalue weighted by atomic mass is 9.74. The van der Waals surface area contributed by atoms with Gasteiger partial charge in [-0.25, -0.2) is 4.79 Å². The second kappa shape index (κ2) is 4.82. The minimum atomic E-state index is -0.850. The Hall–Kier alpha value is -2.39. The predicted octanol–water partition coefficient (Wildman–Crippen LogP) is 4.31. The lowest BCUT2D eigenvalue weighted by Crippen LogP contribution is -2.35. The van der Waals surface area contributed by atoms with Gasteiger partial charge in [0.15, 0.2) is 5.41 Å². The van der Waals surface area contributed by atoms with Gasteiger partial charge in [-0.1, -0.05) is 48.5 Å². The molecule has 3 aromatic rings. The lowest BCUT2D eigenvalue weighted by Gasteiger charge is -2.25. The van der Waals surface area contributed by atoms with E-state index in [9.17, 15) is 4.79 Å². The van der Waals surface area contributed by atoms with Crippen LogP contribution in [0.25, 0.3) is 0 Å². The quantitative estimate of drug-likeness (QED) is 0.521. The first-order chi connectivity index (χ1) is 10.7. The van der Waals surface area contributed by atoms with E-state index in [2.05, 4.69) is 13.0 Å². The summed E-state index contributed by atoms with van der Waals surface area (Å²) >= 11 is 1.65. The molecule has 3 heteroatoms. The molecule has 0 amide bonds. The fraction of sp³-hybridized carbons (Fsp3) is 0.105. The molecule has 0 saturated heterocycles. The van der Waals surface area contributed by atoms with Crippen LogP contribution < -0.4 is 4.74 Å². The van der Waals surface area contributed by atoms with E-state index < -0.39 is 5.41 Å². The number of aryl methyl sites for hydroxylation is 1. The highest BCUT2D eigenvalue weighted by atomic mass is 32.1. The summed E-state index contributed by atoms with van der Waals surface area (Å²) in [6.45, 7) is 2.05. The van der Waals surface area contributed by atoms with E-state index in [1.165, 1.54) is 4.88 Å². The average Bonchev–Trinajstić information content (AvgIpc) is 3.09. The van der Waals surface area contributed by atoms with Gasteiger partial charge < -0.3 is 4.74 Å². The third kappa shape index (κ3) is 1.69. The van der Waals surface area contributed by atoms with Crippen LogP contribution in [0.4, 0.5) is 0 Å². The largest absolute Gasteiger partial charge is 0.425 e. The fourth-order valence-electron chi connectivity index (χ4n) is 3.12. The van der Waals surface area contributed by atoms with Gasteiger partial charge in [-0.05, 0) is 30.7 Å². The van der Waals surface area contributed by atoms with Gasteiger partial charge in [-0.3, -0.25) is 0 Å². The number of carbonyl (C=O) groups is 1. The molecule has 4 rings (SSSR count). The van der Waals surface area contributed by atoms with Crippen LogP contribution in [0.2, 0.25) is 0 Å². The summed E-state index contributed by atoms with van der Waals surface area (Å²) in [5.41, 5.74) is 1.02. The number of benzene rings is 2. The molecule has 0 bridgehead atoms. The van der Waals surface area contributed by atoms with Gasteiger partial charge in [-0.2, -0.15) is 0 Å². The molecule has 0 fully saturated rings. The van der Waals surface area contributed by atoms with Crippen molar-refractivity contribution < 1.29 is 9.53 Å². The molecule has 0 saturated carbocycles. The van der Waals surface area contributed by atoms with Crippen molar-refractivity contribution >= 4 is 17.3 Å². The minimum Gasteiger partial charge on any atom is -0.425 e. The van der Waals surface area contributed by atoms with Gasteiger partial charge in [0.2, 0.25) is 0 Å². The standard InChI is InChI=1S/C19H14O2S/c1-13-11-12-17(22-13)19(14-7-3-2-4-8-14)15-9-5-6-10-16(15)21-18(19)20/h2-12H,1H3/t19-/m1/s1. The molecule has 2 aromatic carbocycles. The Bertz CT molecular complexity index is 851. The highest BCUT2D eigenvalue weighted by Crippen LogP contribution is 2.50. The zero-order valence-electron chi connectivity index (χ0n) is 12.1. The second-order valence-corrected chi connectivity index (χ2v) is 6.70. The smallest absolute Gasteiger partial charge is 0.332 e. The summed E-state index contributed by atoms with van der Waals surface area (Å²) in [5, 5.41) is 0. The maximum absolute atomic E-state index is 12.9. The summed E-state index contributed by atoms with van der Waals surface area (Å²) < 4.78 is 5.61. The van der Waals surface area contributed by atoms with Gasteiger partial charge in [0.05, 0.1) is 0 Å². The molecule has 1 aliphatic heterocycles. The molecule has 0 spiro atoms. The number of para-hydroxylation sites is 1. The maximum atomic E-state index is 12.9. The maximum Gasteiger partial charge on any atom is 0.332 e. The van der Waals surface area contributed by atoms with E-state index in [4.69, 9.17) is 4.74 Å². The Morgan fingerprint density at radius 3 is 2.36 bits per heavy atom. The van der Waals surface area contributed by atoms with Crippen LogP contribution >= 0.6 is 11.3 Å². The van der Waals surface area contributed by atoms with Gasteiger partial charge in [-0.15, -0.1) is 11.3 Å². The van der Waals surface area contributed by atoms with E-state index >= 15 is 0 Å². The number of ether oxygens (including phenoxy) is 1. The van der Waals surface area contributed by atoms with Crippen molar-refractivity contribution in [3.63, 3.8) is 0 Å². The van der Waals surface area contributed by atoms with E-state index in [1.807, 2.05) is 60.7 Å². The van der Waals surface area contributed by atoms with Crippen LogP contribution in [-0.2, 0) is 10.2 Å². The molecular formula is C19H14O2S. The van der Waals surface area contributed by atoms with Crippen LogP contribution in [-0.4, -0.2) is 5.97 Å². The highest BCUT2D eigenvalue weighted by molar-refractivity contribution is 7.12. The summed E-state index contributed by atoms with van der Waals surface area (Å²) in [6.07, 6.45) is 0. The van der Waals surface area contributed by atoms with Crippen LogP contribution in [0.3, 0.4) is 0 Å². The molecular weight excluding hydrogens is 292 g/mol. The summed E-state index contributed by atoms with van der Waals surface area (Å²) in [7, 11) is 0. The van der Waals surface area contributed by atoms with Crippen LogP contribution in [0.15, 0.2) is 66.7 Å². The first kappa shape index (κ1) is 13.3. The van der Waals surface area contributed by atoms with Crippen molar-refractivity contribution in [2.45, 2.75) is 12.3 Å². The highest BCUT2D eigenvalue weighted by Gasteiger charge is 2.52. The fourth-order valence-corrected chi connectivity index (χ4v) is 4.21. The average molecular weight is 306 g/mol. The Kier molecular flexibility index (Phi) is 2.91. The zero-order chi connectivity index (χ0) is 15.2. The summed E-state index contributed by atoms with van der Waals surface area (Å²) in [4.78, 5) is 15.1. The van der Waals surface area contributed by atoms with E-state index in [-0.39, 0.29) is 5.97 Å². The Balaban J connectivity index is 2.08. The number of hydrogen-bond acceptors (Lipinski definition) is 3. The normalized spacial score (nSPS) is 19.8. The SMILES string of the molecule is Cc1ccc([C@]2(c3ccccc3)C(=O)Oc3ccccc32)s1. The van der Waals surface area contributed by atoms with Crippen LogP contribution in [0.1, 0.15) is 20.9 Å². The minimum absolute atomic E-state index is 0.221. The molecule has 1 aromatic heterocycles. The van der Waals surface area contributed by atoms with Crippen molar-refractivity contribution in [1.29, 1.82) is 0 Å². The third-order valence-corrected chi connectivity index (χ3v) is 5.24. The van der Waals surface area contributed by atoms with E-state index in [1.54, 1.807) is 11.3 Å². The molecule has 108 valence electrons. The molecule has 0 N–H and O–H groups in total. The van der Waals surface area contributed by atoms with E-state index in [0.717, 1.165) is 16.0 Å². The van der Waals surface area contributed by atoms with Crippen molar-refractivity contribution in [3.8, 4) is 5.75 Å². The number of fused-ring (bicyclic) bond motifs is 1. The topological polar surface area (TPSA) is 26.3 Å². The number of carbonyl (C=O) groups excluding carboxylic acids is 1. The van der Waals surface area contributed by atoms with Crippen molar-refractivity contribution in [3.05, 3.63) is 87.6 Å². The molecule has 1 aliphatic rings. The van der Waals surface area contributed by atoms with Gasteiger partial charge >= 0.3 is 5.97 Å². The first-order valence-corrected chi connectivity index (χ1v) is 7.99. The summed E-state index contributed by atoms with van der Waals surface area (Å²) in [6, 6.07) is 21.7. The number of thiophene rings is 1. The Morgan fingerprint density at radius 1 is 0.909 bits per heavy atom. The van der Waals surface area contributed by atoms with Crippen LogP contribution in [0.5, 0.6) is 5.75 Å². The number of hydrogen-bond donors (Lipinski definition) is 0. The van der Waals surface area contributed by atoms with Crippen molar-refractivity contribution in [1.82, 2.24) is 0 Å². The zero-order valence-corrected chi connectivity index (χ0v) is 12.9. The van der Waals surface area contributed by atoms with E-state index in [0.29, 0.717) is 5.75 Å². The van der Waals surface area contributed by atoms with Gasteiger partial charge in [0, 0.05) is 15.3 Å². The van der Waals surface area contributed by atoms with Crippen LogP contribution in [0, 0.1) is 6.92 Å². The van der Waals surface area contributed by atoms with Gasteiger partial charge in [0.25, 0.3) is 0 Å². The third-order valence-electron chi connectivity index (χ3n) is 4.12. The number of rotatable bonds is 2. The lowest BCUT2D eigenvalue weighted by molar-refractivity contribution is -0.135. The molecule has 0 unspecified atom stereocenters. The molecule has 0 radical (unpaired) electrons. The molecule has 22 heavy (non-hydrogen) atoms. The molecule has 1 atom stereocenters. The first-order valence-electron chi connectivity index (χ1n) is 7.17. The Morgan fingerprint density at radius 2 is 1.64 bits per heavy atom. The molecule has 0 aliphatic carbocycles. The predicted molar refractivity (Wildman–Crippen MR) is 87.5 cm³/mol.